The molecular weight excluding hydrogens is 569 g/mol. The molecule has 0 bridgehead atoms. The molecule has 1 aromatic rings. The fraction of sp³-hybridized carbons (Fsp3) is 0.680. The molecule has 0 radical (unpaired) electrons. The molecule has 3 N–H and O–H groups in total. The second-order valence-corrected chi connectivity index (χ2v) is 13.8. The highest BCUT2D eigenvalue weighted by Crippen LogP contribution is 2.35. The number of nitrogens with zero attached hydrogens (tertiary/aromatic N) is 1. The fourth-order valence-electron chi connectivity index (χ4n) is 3.29. The summed E-state index contributed by atoms with van der Waals surface area (Å²) in [5.41, 5.74) is 4.50. The van der Waals surface area contributed by atoms with Crippen LogP contribution in [0.5, 0.6) is 0 Å². The Hall–Kier alpha value is -1.12. The molecule has 0 saturated heterocycles. The summed E-state index contributed by atoms with van der Waals surface area (Å²) in [6, 6.07) is 5.65. The molecule has 9 nitrogen and oxygen atoms in total. The number of carbonyl (C=O) groups is 3. The number of hydrogen-bond donors (Lipinski definition) is 2. The van der Waals surface area contributed by atoms with E-state index in [1.54, 1.807) is 41.6 Å². The number of ether oxygens (including phenoxy) is 3. The summed E-state index contributed by atoms with van der Waals surface area (Å²) >= 11 is 0. The van der Waals surface area contributed by atoms with Crippen molar-refractivity contribution in [3.05, 3.63) is 24.4 Å². The van der Waals surface area contributed by atoms with E-state index in [9.17, 15) is 14.4 Å². The van der Waals surface area contributed by atoms with Gasteiger partial charge in [-0.3, -0.25) is 14.4 Å². The van der Waals surface area contributed by atoms with Gasteiger partial charge in [-0.25, -0.2) is 4.98 Å². The van der Waals surface area contributed by atoms with Crippen LogP contribution in [0.2, 0.25) is 0 Å². The van der Waals surface area contributed by atoms with Crippen molar-refractivity contribution in [1.29, 1.82) is 0 Å². The van der Waals surface area contributed by atoms with E-state index in [0.717, 1.165) is 10.8 Å². The molecule has 0 aromatic carbocycles. The van der Waals surface area contributed by atoms with Gasteiger partial charge in [-0.05, 0) is 49.1 Å². The first kappa shape index (κ1) is 34.9. The summed E-state index contributed by atoms with van der Waals surface area (Å²) in [6.45, 7) is 5.94. The summed E-state index contributed by atoms with van der Waals surface area (Å²) in [4.78, 5) is 42.7. The van der Waals surface area contributed by atoms with Crippen LogP contribution in [0.3, 0.4) is 0 Å². The lowest BCUT2D eigenvalue weighted by Crippen LogP contribution is -2.36. The average molecular weight is 609 g/mol. The van der Waals surface area contributed by atoms with Gasteiger partial charge in [-0.2, -0.15) is 0 Å². The Bertz CT molecular complexity index is 822. The molecule has 38 heavy (non-hydrogen) atoms. The first-order valence-electron chi connectivity index (χ1n) is 12.5. The third kappa shape index (κ3) is 14.3. The molecule has 0 spiro atoms. The van der Waals surface area contributed by atoms with Gasteiger partial charge in [0.1, 0.15) is 24.8 Å². The van der Waals surface area contributed by atoms with Gasteiger partial charge in [0, 0.05) is 30.0 Å². The van der Waals surface area contributed by atoms with Crippen molar-refractivity contribution >= 4 is 61.1 Å². The zero-order chi connectivity index (χ0) is 28.2. The molecule has 1 heterocycles. The highest BCUT2D eigenvalue weighted by atomic mass is 33.1. The van der Waals surface area contributed by atoms with Crippen LogP contribution in [0.4, 0.5) is 0 Å². The van der Waals surface area contributed by atoms with Gasteiger partial charge in [-0.1, -0.05) is 52.3 Å². The zero-order valence-corrected chi connectivity index (χ0v) is 25.6. The summed E-state index contributed by atoms with van der Waals surface area (Å²) in [6.07, 6.45) is 2.49. The molecular formula is C25H40N2O7S4. The normalized spacial score (nSPS) is 14.2. The predicted molar refractivity (Wildman–Crippen MR) is 157 cm³/mol. The topological polar surface area (TPSA) is 138 Å². The average Bonchev–Trinajstić information content (AvgIpc) is 2.93. The molecule has 0 aliphatic heterocycles. The van der Waals surface area contributed by atoms with Crippen LogP contribution in [0, 0.1) is 17.3 Å². The zero-order valence-electron chi connectivity index (χ0n) is 22.3. The third-order valence-electron chi connectivity index (χ3n) is 5.56. The van der Waals surface area contributed by atoms with Crippen LogP contribution in [0.1, 0.15) is 40.0 Å². The van der Waals surface area contributed by atoms with Crippen LogP contribution >= 0.6 is 43.2 Å². The lowest BCUT2D eigenvalue weighted by Gasteiger charge is -2.30. The summed E-state index contributed by atoms with van der Waals surface area (Å²) in [7, 11) is 6.24. The number of nitrogens with two attached hydrogens (primary N) is 1. The smallest absolute Gasteiger partial charge is 0.311 e. The Morgan fingerprint density at radius 3 is 2.34 bits per heavy atom. The highest BCUT2D eigenvalue weighted by molar-refractivity contribution is 8.77. The predicted octanol–water partition coefficient (Wildman–Crippen LogP) is 4.23. The standard InChI is InChI=1S/C25H40N2O7S4/c1-4-25(3,24(31)34-11-10-28)18-20(17-19(2)22(29)32-12-15-36-35-14-8-26)23(30)33-13-16-37-38-21-7-5-6-9-27-21/h5-7,9,19-20,28H,4,8,10-18,26H2,1-3H3. The third-order valence-corrected chi connectivity index (χ3v) is 10.2. The Balaban J connectivity index is 2.72. The maximum Gasteiger partial charge on any atom is 0.311 e. The minimum atomic E-state index is -0.969. The number of hydrogen-bond acceptors (Lipinski definition) is 13. The van der Waals surface area contributed by atoms with Crippen LogP contribution in [-0.2, 0) is 28.6 Å². The molecule has 13 heteroatoms. The lowest BCUT2D eigenvalue weighted by molar-refractivity contribution is -0.160. The van der Waals surface area contributed by atoms with Crippen LogP contribution in [0.15, 0.2) is 29.4 Å². The largest absolute Gasteiger partial charge is 0.465 e. The molecule has 1 rings (SSSR count). The van der Waals surface area contributed by atoms with Gasteiger partial charge in [0.25, 0.3) is 0 Å². The van der Waals surface area contributed by atoms with E-state index in [0.29, 0.717) is 24.5 Å². The fourth-order valence-corrected chi connectivity index (χ4v) is 6.68. The molecule has 0 aliphatic carbocycles. The van der Waals surface area contributed by atoms with Crippen molar-refractivity contribution in [2.24, 2.45) is 23.0 Å². The van der Waals surface area contributed by atoms with E-state index in [4.69, 9.17) is 25.1 Å². The van der Waals surface area contributed by atoms with Gasteiger partial charge in [0.2, 0.25) is 0 Å². The Labute approximate surface area is 241 Å². The van der Waals surface area contributed by atoms with E-state index in [-0.39, 0.29) is 39.3 Å². The molecule has 3 unspecified atom stereocenters. The number of aromatic nitrogens is 1. The first-order chi connectivity index (χ1) is 18.3. The minimum Gasteiger partial charge on any atom is -0.465 e. The van der Waals surface area contributed by atoms with Gasteiger partial charge < -0.3 is 25.1 Å². The van der Waals surface area contributed by atoms with Crippen molar-refractivity contribution in [1.82, 2.24) is 4.98 Å². The lowest BCUT2D eigenvalue weighted by atomic mass is 9.76. The van der Waals surface area contributed by atoms with E-state index in [2.05, 4.69) is 4.98 Å². The van der Waals surface area contributed by atoms with Gasteiger partial charge in [-0.15, -0.1) is 0 Å². The summed E-state index contributed by atoms with van der Waals surface area (Å²) in [5, 5.41) is 9.90. The maximum absolute atomic E-state index is 13.1. The van der Waals surface area contributed by atoms with E-state index in [1.807, 2.05) is 25.1 Å². The number of aliphatic hydroxyl groups is 1. The maximum atomic E-state index is 13.1. The van der Waals surface area contributed by atoms with Crippen molar-refractivity contribution in [3.8, 4) is 0 Å². The van der Waals surface area contributed by atoms with E-state index >= 15 is 0 Å². The Morgan fingerprint density at radius 1 is 1.03 bits per heavy atom. The molecule has 1 aromatic heterocycles. The van der Waals surface area contributed by atoms with Gasteiger partial charge >= 0.3 is 17.9 Å². The number of aliphatic hydroxyl groups excluding tert-OH is 1. The molecule has 3 atom stereocenters. The SMILES string of the molecule is CCC(C)(CC(CC(C)C(=O)OCCSSCCN)C(=O)OCCSSc1ccccn1)C(=O)OCCO. The second-order valence-electron chi connectivity index (χ2n) is 8.65. The number of carbonyl (C=O) groups excluding carboxylic acids is 3. The molecule has 0 saturated carbocycles. The van der Waals surface area contributed by atoms with Crippen LogP contribution < -0.4 is 5.73 Å². The number of rotatable bonds is 21. The number of esters is 3. The van der Waals surface area contributed by atoms with Gasteiger partial charge in [0.05, 0.1) is 23.9 Å². The highest BCUT2D eigenvalue weighted by Gasteiger charge is 2.39. The molecule has 0 amide bonds. The van der Waals surface area contributed by atoms with Crippen molar-refractivity contribution in [2.45, 2.75) is 45.1 Å². The van der Waals surface area contributed by atoms with Crippen LogP contribution in [0.25, 0.3) is 0 Å². The van der Waals surface area contributed by atoms with Crippen LogP contribution in [-0.4, -0.2) is 78.2 Å². The minimum absolute atomic E-state index is 0.112. The van der Waals surface area contributed by atoms with E-state index in [1.165, 1.54) is 21.6 Å². The molecule has 216 valence electrons. The van der Waals surface area contributed by atoms with Crippen molar-refractivity contribution in [3.63, 3.8) is 0 Å². The number of pyridine rings is 1. The van der Waals surface area contributed by atoms with Gasteiger partial charge in [0.15, 0.2) is 0 Å². The summed E-state index contributed by atoms with van der Waals surface area (Å²) < 4.78 is 16.1. The molecule has 0 aliphatic rings. The van der Waals surface area contributed by atoms with Crippen molar-refractivity contribution in [2.75, 3.05) is 50.2 Å². The summed E-state index contributed by atoms with van der Waals surface area (Å²) in [5.74, 6) is -0.571. The molecule has 0 fully saturated rings. The van der Waals surface area contributed by atoms with Crippen molar-refractivity contribution < 1.29 is 33.7 Å². The monoisotopic (exact) mass is 608 g/mol. The first-order valence-corrected chi connectivity index (χ1v) is 17.3. The Kier molecular flexibility index (Phi) is 19.0. The quantitative estimate of drug-likeness (QED) is 0.0891. The Morgan fingerprint density at radius 2 is 1.71 bits per heavy atom. The van der Waals surface area contributed by atoms with E-state index < -0.39 is 35.2 Å². The second kappa shape index (κ2) is 20.7.